The molecule has 0 aliphatic rings. The Balaban J connectivity index is 1.54. The number of rotatable bonds is 8. The highest BCUT2D eigenvalue weighted by atomic mass is 32.1. The summed E-state index contributed by atoms with van der Waals surface area (Å²) >= 11 is 2.12. The number of hydrogen-bond acceptors (Lipinski definition) is 8. The Morgan fingerprint density at radius 2 is 1.83 bits per heavy atom. The second kappa shape index (κ2) is 9.95. The van der Waals surface area contributed by atoms with Gasteiger partial charge in [-0.25, -0.2) is 23.8 Å². The number of halogens is 1. The summed E-state index contributed by atoms with van der Waals surface area (Å²) in [6.07, 6.45) is 0. The number of anilines is 2. The van der Waals surface area contributed by atoms with Crippen LogP contribution in [0.5, 0.6) is 11.5 Å². The zero-order chi connectivity index (χ0) is 25.1. The van der Waals surface area contributed by atoms with Gasteiger partial charge in [-0.2, -0.15) is 0 Å². The maximum absolute atomic E-state index is 14.6. The number of fused-ring (bicyclic) bond motifs is 1. The molecule has 0 aliphatic heterocycles. The third-order valence-corrected chi connectivity index (χ3v) is 6.54. The van der Waals surface area contributed by atoms with Crippen LogP contribution in [0.15, 0.2) is 41.2 Å². The van der Waals surface area contributed by atoms with Gasteiger partial charge in [0.15, 0.2) is 17.3 Å². The van der Waals surface area contributed by atoms with E-state index in [2.05, 4.69) is 15.6 Å². The van der Waals surface area contributed by atoms with E-state index in [0.29, 0.717) is 11.3 Å². The summed E-state index contributed by atoms with van der Waals surface area (Å²) in [5, 5.41) is 24.1. The van der Waals surface area contributed by atoms with Crippen molar-refractivity contribution in [2.24, 2.45) is 0 Å². The van der Waals surface area contributed by atoms with Gasteiger partial charge < -0.3 is 30.3 Å². The lowest BCUT2D eigenvalue weighted by Crippen LogP contribution is -2.21. The molecule has 2 amide bonds. The van der Waals surface area contributed by atoms with E-state index in [4.69, 9.17) is 14.6 Å². The van der Waals surface area contributed by atoms with Gasteiger partial charge in [0.2, 0.25) is 0 Å². The number of aromatic nitrogens is 1. The Morgan fingerprint density at radius 1 is 1.06 bits per heavy atom. The first-order valence-electron chi connectivity index (χ1n) is 9.76. The van der Waals surface area contributed by atoms with Crippen molar-refractivity contribution in [2.75, 3.05) is 17.7 Å². The van der Waals surface area contributed by atoms with Crippen molar-refractivity contribution in [3.63, 3.8) is 0 Å². The molecule has 0 saturated heterocycles. The van der Waals surface area contributed by atoms with E-state index >= 15 is 0 Å². The van der Waals surface area contributed by atoms with Crippen LogP contribution < -0.4 is 20.1 Å². The smallest absolute Gasteiger partial charge is 0.346 e. The van der Waals surface area contributed by atoms with Crippen LogP contribution in [0, 0.1) is 5.82 Å². The number of aromatic carboxylic acids is 2. The van der Waals surface area contributed by atoms with Gasteiger partial charge in [0.25, 0.3) is 0 Å². The van der Waals surface area contributed by atoms with Crippen molar-refractivity contribution in [2.45, 2.75) is 6.61 Å². The minimum absolute atomic E-state index is 0.0935. The number of carboxylic acid groups (broad SMARTS) is 2. The predicted molar refractivity (Wildman–Crippen MR) is 128 cm³/mol. The molecule has 0 fully saturated rings. The molecule has 180 valence electrons. The second-order valence-corrected chi connectivity index (χ2v) is 8.70. The van der Waals surface area contributed by atoms with Gasteiger partial charge in [0, 0.05) is 23.1 Å². The molecule has 0 bridgehead atoms. The number of benzene rings is 2. The summed E-state index contributed by atoms with van der Waals surface area (Å²) < 4.78 is 26.6. The number of carbonyl (C=O) groups excluding carboxylic acids is 1. The Labute approximate surface area is 204 Å². The van der Waals surface area contributed by atoms with E-state index in [1.165, 1.54) is 29.9 Å². The summed E-state index contributed by atoms with van der Waals surface area (Å²) in [6, 6.07) is 6.91. The molecule has 4 aromatic rings. The normalized spacial score (nSPS) is 10.7. The summed E-state index contributed by atoms with van der Waals surface area (Å²) in [5.41, 5.74) is 2.22. The molecule has 0 spiro atoms. The predicted octanol–water partition coefficient (Wildman–Crippen LogP) is 5.12. The fraction of sp³-hybridized carbons (Fsp3) is 0.0909. The zero-order valence-corrected chi connectivity index (χ0v) is 19.5. The van der Waals surface area contributed by atoms with Crippen LogP contribution in [0.2, 0.25) is 0 Å². The Bertz CT molecular complexity index is 1450. The lowest BCUT2D eigenvalue weighted by atomic mass is 10.2. The molecule has 2 aromatic heterocycles. The molecule has 4 N–H and O–H groups in total. The maximum atomic E-state index is 14.6. The molecule has 35 heavy (non-hydrogen) atoms. The number of ether oxygens (including phenoxy) is 2. The number of amides is 2. The summed E-state index contributed by atoms with van der Waals surface area (Å²) in [4.78, 5) is 39.0. The average Bonchev–Trinajstić information content (AvgIpc) is 3.46. The van der Waals surface area contributed by atoms with Crippen molar-refractivity contribution >= 4 is 62.2 Å². The number of thiophene rings is 1. The molecule has 10 nitrogen and oxygen atoms in total. The van der Waals surface area contributed by atoms with Crippen LogP contribution in [0.1, 0.15) is 25.6 Å². The molecule has 4 rings (SSSR count). The van der Waals surface area contributed by atoms with E-state index in [9.17, 15) is 23.9 Å². The van der Waals surface area contributed by atoms with Crippen molar-refractivity contribution in [1.29, 1.82) is 0 Å². The number of nitrogens with zero attached hydrogens (tertiary/aromatic N) is 1. The molecule has 2 heterocycles. The molecule has 2 aromatic carbocycles. The SMILES string of the molecule is COc1cc(F)c(NC(=O)Nc2csc(C(=O)O)c2C(=O)O)cc1OCc1cccc2scnc12. The highest BCUT2D eigenvalue weighted by Crippen LogP contribution is 2.34. The van der Waals surface area contributed by atoms with Crippen LogP contribution in [-0.2, 0) is 6.61 Å². The number of carboxylic acids is 2. The van der Waals surface area contributed by atoms with E-state index in [0.717, 1.165) is 21.8 Å². The lowest BCUT2D eigenvalue weighted by molar-refractivity contribution is 0.0657. The van der Waals surface area contributed by atoms with Crippen LogP contribution in [-0.4, -0.2) is 40.3 Å². The summed E-state index contributed by atoms with van der Waals surface area (Å²) in [7, 11) is 1.34. The lowest BCUT2D eigenvalue weighted by Gasteiger charge is -2.14. The van der Waals surface area contributed by atoms with Crippen LogP contribution >= 0.6 is 22.7 Å². The van der Waals surface area contributed by atoms with Crippen molar-refractivity contribution in [1.82, 2.24) is 4.98 Å². The third-order valence-electron chi connectivity index (χ3n) is 4.78. The van der Waals surface area contributed by atoms with Gasteiger partial charge in [-0.05, 0) is 6.07 Å². The van der Waals surface area contributed by atoms with Crippen molar-refractivity contribution < 1.29 is 38.5 Å². The molecule has 0 unspecified atom stereocenters. The van der Waals surface area contributed by atoms with Crippen LogP contribution in [0.25, 0.3) is 10.2 Å². The molecule has 0 atom stereocenters. The largest absolute Gasteiger partial charge is 0.493 e. The minimum atomic E-state index is -1.53. The zero-order valence-electron chi connectivity index (χ0n) is 17.8. The molecule has 0 radical (unpaired) electrons. The topological polar surface area (TPSA) is 147 Å². The number of urea groups is 1. The standard InChI is InChI=1S/C22H16FN3O7S2/c1-32-14-5-11(23)12(6-15(14)33-7-10-3-2-4-16-18(10)24-9-35-16)25-22(31)26-13-8-34-19(21(29)30)17(13)20(27)28/h2-6,8-9H,7H2,1H3,(H,27,28)(H,29,30)(H2,25,26,31). The average molecular weight is 518 g/mol. The Morgan fingerprint density at radius 3 is 2.54 bits per heavy atom. The van der Waals surface area contributed by atoms with Crippen LogP contribution in [0.4, 0.5) is 20.6 Å². The fourth-order valence-corrected chi connectivity index (χ4v) is 4.77. The van der Waals surface area contributed by atoms with Crippen LogP contribution in [0.3, 0.4) is 0 Å². The first kappa shape index (κ1) is 23.9. The van der Waals surface area contributed by atoms with Crippen molar-refractivity contribution in [3.8, 4) is 11.5 Å². The van der Waals surface area contributed by atoms with Gasteiger partial charge in [-0.15, -0.1) is 22.7 Å². The van der Waals surface area contributed by atoms with E-state index in [-0.39, 0.29) is 29.5 Å². The summed E-state index contributed by atoms with van der Waals surface area (Å²) in [6.45, 7) is 0.101. The quantitative estimate of drug-likeness (QED) is 0.252. The van der Waals surface area contributed by atoms with Crippen molar-refractivity contribution in [3.05, 3.63) is 63.0 Å². The highest BCUT2D eigenvalue weighted by molar-refractivity contribution is 7.16. The number of para-hydroxylation sites is 1. The second-order valence-electron chi connectivity index (χ2n) is 6.93. The Hall–Kier alpha value is -4.23. The number of carbonyl (C=O) groups is 3. The van der Waals surface area contributed by atoms with Gasteiger partial charge in [-0.1, -0.05) is 12.1 Å². The number of nitrogens with one attached hydrogen (secondary N) is 2. The minimum Gasteiger partial charge on any atom is -0.493 e. The first-order chi connectivity index (χ1) is 16.8. The fourth-order valence-electron chi connectivity index (χ4n) is 3.22. The Kier molecular flexibility index (Phi) is 6.80. The third kappa shape index (κ3) is 5.00. The molecular weight excluding hydrogens is 501 g/mol. The van der Waals surface area contributed by atoms with E-state index in [1.54, 1.807) is 5.51 Å². The molecule has 0 aliphatic carbocycles. The van der Waals surface area contributed by atoms with Gasteiger partial charge >= 0.3 is 18.0 Å². The number of methoxy groups -OCH3 is 1. The van der Waals surface area contributed by atoms with E-state index < -0.39 is 34.2 Å². The maximum Gasteiger partial charge on any atom is 0.346 e. The molecule has 0 saturated carbocycles. The monoisotopic (exact) mass is 517 g/mol. The van der Waals surface area contributed by atoms with Gasteiger partial charge in [-0.3, -0.25) is 0 Å². The van der Waals surface area contributed by atoms with E-state index in [1.807, 2.05) is 18.2 Å². The highest BCUT2D eigenvalue weighted by Gasteiger charge is 2.24. The number of hydrogen-bond donors (Lipinski definition) is 4. The van der Waals surface area contributed by atoms with Gasteiger partial charge in [0.05, 0.1) is 34.2 Å². The molecular formula is C22H16FN3O7S2. The first-order valence-corrected chi connectivity index (χ1v) is 11.5. The van der Waals surface area contributed by atoms with Gasteiger partial charge in [0.1, 0.15) is 17.0 Å². The molecule has 13 heteroatoms. The number of thiazole rings is 1. The summed E-state index contributed by atoms with van der Waals surface area (Å²) in [5.74, 6) is -3.57.